The minimum Gasteiger partial charge on any atom is -0.370 e. The van der Waals surface area contributed by atoms with Crippen molar-refractivity contribution >= 4 is 21.7 Å². The van der Waals surface area contributed by atoms with Crippen molar-refractivity contribution in [2.45, 2.75) is 52.9 Å². The van der Waals surface area contributed by atoms with Crippen molar-refractivity contribution in [1.29, 1.82) is 0 Å². The molecule has 0 aromatic carbocycles. The molecule has 1 fully saturated rings. The molecular weight excluding hydrogens is 300 g/mol. The predicted octanol–water partition coefficient (Wildman–Crippen LogP) is 5.17. The van der Waals surface area contributed by atoms with E-state index in [1.165, 1.54) is 32.1 Å². The van der Waals surface area contributed by atoms with E-state index >= 15 is 0 Å². The van der Waals surface area contributed by atoms with Gasteiger partial charge in [0, 0.05) is 11.0 Å². The second-order valence-electron chi connectivity index (χ2n) is 6.44. The van der Waals surface area contributed by atoms with E-state index < -0.39 is 0 Å². The van der Waals surface area contributed by atoms with Crippen LogP contribution in [0.4, 0.5) is 5.82 Å². The predicted molar refractivity (Wildman–Crippen MR) is 85.5 cm³/mol. The number of rotatable bonds is 4. The molecular formula is C16H25BrN2. The fraction of sp³-hybridized carbons (Fsp3) is 0.688. The molecule has 0 unspecified atom stereocenters. The Morgan fingerprint density at radius 3 is 2.58 bits per heavy atom. The molecule has 3 heteroatoms. The molecule has 19 heavy (non-hydrogen) atoms. The van der Waals surface area contributed by atoms with Crippen LogP contribution < -0.4 is 5.32 Å². The van der Waals surface area contributed by atoms with Gasteiger partial charge >= 0.3 is 0 Å². The lowest BCUT2D eigenvalue weighted by molar-refractivity contribution is 0.171. The Morgan fingerprint density at radius 1 is 1.26 bits per heavy atom. The Hall–Kier alpha value is -0.570. The summed E-state index contributed by atoms with van der Waals surface area (Å²) in [5.74, 6) is 1.84. The Morgan fingerprint density at radius 2 is 1.95 bits per heavy atom. The van der Waals surface area contributed by atoms with Gasteiger partial charge in [-0.2, -0.15) is 0 Å². The Bertz CT molecular complexity index is 423. The molecule has 1 aliphatic rings. The van der Waals surface area contributed by atoms with Gasteiger partial charge in [-0.1, -0.05) is 33.1 Å². The van der Waals surface area contributed by atoms with Gasteiger partial charge in [0.25, 0.3) is 0 Å². The molecule has 106 valence electrons. The number of hydrogen-bond donors (Lipinski definition) is 1. The van der Waals surface area contributed by atoms with Gasteiger partial charge in [-0.05, 0) is 59.2 Å². The summed E-state index contributed by atoms with van der Waals surface area (Å²) in [5, 5.41) is 3.52. The van der Waals surface area contributed by atoms with Gasteiger partial charge in [0.1, 0.15) is 5.82 Å². The van der Waals surface area contributed by atoms with Crippen LogP contribution in [0.1, 0.15) is 51.6 Å². The molecule has 0 saturated heterocycles. The first-order chi connectivity index (χ1) is 8.99. The molecule has 0 spiro atoms. The largest absolute Gasteiger partial charge is 0.370 e. The molecule has 0 atom stereocenters. The van der Waals surface area contributed by atoms with Crippen LogP contribution in [-0.4, -0.2) is 11.5 Å². The maximum atomic E-state index is 4.56. The molecule has 0 aliphatic heterocycles. The van der Waals surface area contributed by atoms with Gasteiger partial charge < -0.3 is 5.32 Å². The summed E-state index contributed by atoms with van der Waals surface area (Å²) >= 11 is 3.49. The maximum absolute atomic E-state index is 4.56. The van der Waals surface area contributed by atoms with Crippen LogP contribution in [0, 0.1) is 18.3 Å². The number of aryl methyl sites for hydroxylation is 1. The second kappa shape index (κ2) is 6.25. The lowest BCUT2D eigenvalue weighted by Crippen LogP contribution is -2.33. The molecule has 1 heterocycles. The number of halogens is 1. The third-order valence-electron chi connectivity index (χ3n) is 4.46. The van der Waals surface area contributed by atoms with E-state index in [1.807, 2.05) is 13.0 Å². The van der Waals surface area contributed by atoms with E-state index in [9.17, 15) is 0 Å². The van der Waals surface area contributed by atoms with Gasteiger partial charge in [0.05, 0.1) is 5.69 Å². The zero-order valence-electron chi connectivity index (χ0n) is 12.3. The van der Waals surface area contributed by atoms with E-state index in [0.717, 1.165) is 28.4 Å². The molecule has 2 nitrogen and oxygen atoms in total. The molecule has 0 amide bonds. The molecule has 1 aliphatic carbocycles. The summed E-state index contributed by atoms with van der Waals surface area (Å²) < 4.78 is 1.07. The van der Waals surface area contributed by atoms with Gasteiger partial charge in [-0.25, -0.2) is 4.98 Å². The van der Waals surface area contributed by atoms with Gasteiger partial charge in [0.2, 0.25) is 0 Å². The number of nitrogens with zero attached hydrogens (tertiary/aromatic N) is 1. The topological polar surface area (TPSA) is 24.9 Å². The third kappa shape index (κ3) is 3.95. The zero-order chi connectivity index (χ0) is 13.9. The molecule has 1 aromatic heterocycles. The first-order valence-corrected chi connectivity index (χ1v) is 8.15. The van der Waals surface area contributed by atoms with E-state index in [0.29, 0.717) is 5.41 Å². The number of nitrogens with one attached hydrogen (secondary N) is 1. The monoisotopic (exact) mass is 324 g/mol. The van der Waals surface area contributed by atoms with Crippen LogP contribution in [-0.2, 0) is 0 Å². The highest BCUT2D eigenvalue weighted by atomic mass is 79.9. The molecule has 1 N–H and O–H groups in total. The van der Waals surface area contributed by atoms with Crippen molar-refractivity contribution in [3.8, 4) is 0 Å². The van der Waals surface area contributed by atoms with Crippen LogP contribution >= 0.6 is 15.9 Å². The quantitative estimate of drug-likeness (QED) is 0.826. The van der Waals surface area contributed by atoms with Crippen molar-refractivity contribution in [2.24, 2.45) is 11.3 Å². The fourth-order valence-corrected chi connectivity index (χ4v) is 3.21. The lowest BCUT2D eigenvalue weighted by atomic mass is 9.71. The fourth-order valence-electron chi connectivity index (χ4n) is 2.99. The Balaban J connectivity index is 1.94. The van der Waals surface area contributed by atoms with Gasteiger partial charge in [0.15, 0.2) is 0 Å². The van der Waals surface area contributed by atoms with Crippen molar-refractivity contribution in [3.05, 3.63) is 22.3 Å². The Kier molecular flexibility index (Phi) is 4.88. The van der Waals surface area contributed by atoms with Crippen LogP contribution in [0.3, 0.4) is 0 Å². The summed E-state index contributed by atoms with van der Waals surface area (Å²) in [4.78, 5) is 4.56. The van der Waals surface area contributed by atoms with E-state index in [4.69, 9.17) is 0 Å². The number of aromatic nitrogens is 1. The van der Waals surface area contributed by atoms with Crippen LogP contribution in [0.15, 0.2) is 16.6 Å². The summed E-state index contributed by atoms with van der Waals surface area (Å²) in [6, 6.07) is 4.12. The van der Waals surface area contributed by atoms with Crippen molar-refractivity contribution in [2.75, 3.05) is 11.9 Å². The van der Waals surface area contributed by atoms with Crippen molar-refractivity contribution in [3.63, 3.8) is 0 Å². The van der Waals surface area contributed by atoms with Gasteiger partial charge in [-0.3, -0.25) is 0 Å². The van der Waals surface area contributed by atoms with Crippen LogP contribution in [0.5, 0.6) is 0 Å². The lowest BCUT2D eigenvalue weighted by Gasteiger charge is -2.37. The average Bonchev–Trinajstić information content (AvgIpc) is 2.41. The van der Waals surface area contributed by atoms with Crippen LogP contribution in [0.25, 0.3) is 0 Å². The molecule has 0 bridgehead atoms. The van der Waals surface area contributed by atoms with Crippen molar-refractivity contribution in [1.82, 2.24) is 4.98 Å². The summed E-state index contributed by atoms with van der Waals surface area (Å²) in [6.45, 7) is 7.82. The normalized spacial score (nSPS) is 17.5. The standard InChI is InChI=1S/C16H25BrN2/c1-12-14(17)9-10-15(19-12)18-11-16(2,3)13-7-5-4-6-8-13/h9-10,13H,4-8,11H2,1-3H3,(H,18,19). The average molecular weight is 325 g/mol. The zero-order valence-corrected chi connectivity index (χ0v) is 13.9. The summed E-state index contributed by atoms with van der Waals surface area (Å²) in [7, 11) is 0. The number of hydrogen-bond acceptors (Lipinski definition) is 2. The third-order valence-corrected chi connectivity index (χ3v) is 5.29. The highest BCUT2D eigenvalue weighted by Gasteiger charge is 2.30. The molecule has 1 aromatic rings. The van der Waals surface area contributed by atoms with Gasteiger partial charge in [-0.15, -0.1) is 0 Å². The van der Waals surface area contributed by atoms with E-state index in [-0.39, 0.29) is 0 Å². The Labute approximate surface area is 125 Å². The van der Waals surface area contributed by atoms with Crippen molar-refractivity contribution < 1.29 is 0 Å². The second-order valence-corrected chi connectivity index (χ2v) is 7.30. The first kappa shape index (κ1) is 14.8. The first-order valence-electron chi connectivity index (χ1n) is 7.36. The molecule has 2 rings (SSSR count). The molecule has 1 saturated carbocycles. The summed E-state index contributed by atoms with van der Waals surface area (Å²) in [6.07, 6.45) is 7.02. The van der Waals surface area contributed by atoms with E-state index in [1.54, 1.807) is 0 Å². The SMILES string of the molecule is Cc1nc(NCC(C)(C)C2CCCCC2)ccc1Br. The number of pyridine rings is 1. The maximum Gasteiger partial charge on any atom is 0.126 e. The number of anilines is 1. The smallest absolute Gasteiger partial charge is 0.126 e. The highest BCUT2D eigenvalue weighted by molar-refractivity contribution is 9.10. The van der Waals surface area contributed by atoms with E-state index in [2.05, 4.69) is 46.1 Å². The highest BCUT2D eigenvalue weighted by Crippen LogP contribution is 2.38. The minimum atomic E-state index is 0.350. The summed E-state index contributed by atoms with van der Waals surface area (Å²) in [5.41, 5.74) is 1.39. The minimum absolute atomic E-state index is 0.350. The molecule has 0 radical (unpaired) electrons. The van der Waals surface area contributed by atoms with Crippen LogP contribution in [0.2, 0.25) is 0 Å².